The SMILES string of the molecule is C=CC(=O)OC1CCC(OC(C)CC)CC1. The molecular formula is C13H22O3. The van der Waals surface area contributed by atoms with Crippen LogP contribution in [0.25, 0.3) is 0 Å². The van der Waals surface area contributed by atoms with Crippen molar-refractivity contribution in [3.05, 3.63) is 12.7 Å². The maximum Gasteiger partial charge on any atom is 0.330 e. The first-order valence-electron chi connectivity index (χ1n) is 6.14. The Morgan fingerprint density at radius 2 is 1.94 bits per heavy atom. The van der Waals surface area contributed by atoms with Gasteiger partial charge in [-0.1, -0.05) is 13.5 Å². The Bertz CT molecular complexity index is 229. The van der Waals surface area contributed by atoms with E-state index in [1.165, 1.54) is 6.08 Å². The highest BCUT2D eigenvalue weighted by atomic mass is 16.5. The highest BCUT2D eigenvalue weighted by Crippen LogP contribution is 2.24. The summed E-state index contributed by atoms with van der Waals surface area (Å²) in [4.78, 5) is 11.0. The molecule has 3 heteroatoms. The van der Waals surface area contributed by atoms with Gasteiger partial charge < -0.3 is 9.47 Å². The molecular weight excluding hydrogens is 204 g/mol. The molecule has 1 aliphatic rings. The van der Waals surface area contributed by atoms with Crippen molar-refractivity contribution in [2.45, 2.75) is 64.3 Å². The third-order valence-electron chi connectivity index (χ3n) is 3.07. The first-order valence-corrected chi connectivity index (χ1v) is 6.14. The van der Waals surface area contributed by atoms with Crippen molar-refractivity contribution in [3.63, 3.8) is 0 Å². The molecule has 0 amide bonds. The quantitative estimate of drug-likeness (QED) is 0.534. The summed E-state index contributed by atoms with van der Waals surface area (Å²) in [7, 11) is 0. The minimum atomic E-state index is -0.314. The van der Waals surface area contributed by atoms with E-state index < -0.39 is 0 Å². The molecule has 92 valence electrons. The largest absolute Gasteiger partial charge is 0.459 e. The molecule has 1 atom stereocenters. The fraction of sp³-hybridized carbons (Fsp3) is 0.769. The van der Waals surface area contributed by atoms with Gasteiger partial charge in [0.2, 0.25) is 0 Å². The average Bonchev–Trinajstić information content (AvgIpc) is 2.31. The van der Waals surface area contributed by atoms with E-state index in [2.05, 4.69) is 20.4 Å². The highest BCUT2D eigenvalue weighted by molar-refractivity contribution is 5.81. The molecule has 0 spiro atoms. The normalized spacial score (nSPS) is 27.1. The molecule has 0 radical (unpaired) electrons. The lowest BCUT2D eigenvalue weighted by Crippen LogP contribution is -2.29. The first kappa shape index (κ1) is 13.2. The van der Waals surface area contributed by atoms with Crippen molar-refractivity contribution in [1.82, 2.24) is 0 Å². The topological polar surface area (TPSA) is 35.5 Å². The van der Waals surface area contributed by atoms with Gasteiger partial charge in [-0.2, -0.15) is 0 Å². The van der Waals surface area contributed by atoms with Crippen LogP contribution in [0.2, 0.25) is 0 Å². The molecule has 0 aromatic heterocycles. The number of hydrogen-bond donors (Lipinski definition) is 0. The Hall–Kier alpha value is -0.830. The van der Waals surface area contributed by atoms with Gasteiger partial charge in [-0.25, -0.2) is 4.79 Å². The van der Waals surface area contributed by atoms with Gasteiger partial charge in [0.05, 0.1) is 12.2 Å². The molecule has 0 bridgehead atoms. The molecule has 0 heterocycles. The lowest BCUT2D eigenvalue weighted by atomic mass is 9.94. The van der Waals surface area contributed by atoms with Crippen LogP contribution >= 0.6 is 0 Å². The minimum absolute atomic E-state index is 0.0577. The average molecular weight is 226 g/mol. The van der Waals surface area contributed by atoms with Crippen LogP contribution in [0.3, 0.4) is 0 Å². The molecule has 0 saturated heterocycles. The molecule has 1 unspecified atom stereocenters. The van der Waals surface area contributed by atoms with Gasteiger partial charge in [-0.05, 0) is 39.0 Å². The van der Waals surface area contributed by atoms with E-state index in [-0.39, 0.29) is 12.1 Å². The molecule has 0 aromatic rings. The second kappa shape index (κ2) is 6.69. The Morgan fingerprint density at radius 1 is 1.38 bits per heavy atom. The summed E-state index contributed by atoms with van der Waals surface area (Å²) >= 11 is 0. The summed E-state index contributed by atoms with van der Waals surface area (Å²) in [6, 6.07) is 0. The van der Waals surface area contributed by atoms with E-state index in [0.29, 0.717) is 12.2 Å². The first-order chi connectivity index (χ1) is 7.65. The number of hydrogen-bond acceptors (Lipinski definition) is 3. The van der Waals surface area contributed by atoms with Crippen LogP contribution in [0.1, 0.15) is 46.0 Å². The molecule has 1 saturated carbocycles. The molecule has 1 rings (SSSR count). The molecule has 0 aromatic carbocycles. The van der Waals surface area contributed by atoms with Gasteiger partial charge in [0.25, 0.3) is 0 Å². The van der Waals surface area contributed by atoms with Gasteiger partial charge in [0.1, 0.15) is 6.10 Å². The molecule has 3 nitrogen and oxygen atoms in total. The Kier molecular flexibility index (Phi) is 5.53. The predicted molar refractivity (Wildman–Crippen MR) is 63.2 cm³/mol. The van der Waals surface area contributed by atoms with Crippen molar-refractivity contribution in [2.75, 3.05) is 0 Å². The van der Waals surface area contributed by atoms with Crippen LogP contribution in [0, 0.1) is 0 Å². The number of carbonyl (C=O) groups excluding carboxylic acids is 1. The van der Waals surface area contributed by atoms with Crippen LogP contribution in [0.4, 0.5) is 0 Å². The van der Waals surface area contributed by atoms with Crippen molar-refractivity contribution in [2.24, 2.45) is 0 Å². The van der Waals surface area contributed by atoms with Gasteiger partial charge >= 0.3 is 5.97 Å². The molecule has 0 aliphatic heterocycles. The van der Waals surface area contributed by atoms with Crippen LogP contribution in [-0.4, -0.2) is 24.3 Å². The predicted octanol–water partition coefficient (Wildman–Crippen LogP) is 2.84. The van der Waals surface area contributed by atoms with Crippen molar-refractivity contribution >= 4 is 5.97 Å². The second-order valence-corrected chi connectivity index (χ2v) is 4.39. The monoisotopic (exact) mass is 226 g/mol. The van der Waals surface area contributed by atoms with Crippen LogP contribution in [0.5, 0.6) is 0 Å². The number of ether oxygens (including phenoxy) is 2. The summed E-state index contributed by atoms with van der Waals surface area (Å²) in [6.07, 6.45) is 6.78. The molecule has 16 heavy (non-hydrogen) atoms. The zero-order chi connectivity index (χ0) is 12.0. The van der Waals surface area contributed by atoms with Crippen LogP contribution in [-0.2, 0) is 14.3 Å². The fourth-order valence-corrected chi connectivity index (χ4v) is 1.92. The molecule has 1 aliphatic carbocycles. The lowest BCUT2D eigenvalue weighted by Gasteiger charge is -2.29. The summed E-state index contributed by atoms with van der Waals surface area (Å²) < 4.78 is 11.1. The summed E-state index contributed by atoms with van der Waals surface area (Å²) in [6.45, 7) is 7.62. The molecule has 1 fully saturated rings. The third-order valence-corrected chi connectivity index (χ3v) is 3.07. The zero-order valence-electron chi connectivity index (χ0n) is 10.3. The standard InChI is InChI=1S/C13H22O3/c1-4-10(3)15-11-6-8-12(9-7-11)16-13(14)5-2/h5,10-12H,2,4,6-9H2,1,3H3. The Morgan fingerprint density at radius 3 is 2.44 bits per heavy atom. The summed E-state index contributed by atoms with van der Waals surface area (Å²) in [5.41, 5.74) is 0. The van der Waals surface area contributed by atoms with E-state index in [1.54, 1.807) is 0 Å². The summed E-state index contributed by atoms with van der Waals surface area (Å²) in [5, 5.41) is 0. The Balaban J connectivity index is 2.23. The minimum Gasteiger partial charge on any atom is -0.459 e. The van der Waals surface area contributed by atoms with Crippen molar-refractivity contribution in [3.8, 4) is 0 Å². The lowest BCUT2D eigenvalue weighted by molar-refractivity contribution is -0.146. The van der Waals surface area contributed by atoms with Crippen molar-refractivity contribution in [1.29, 1.82) is 0 Å². The van der Waals surface area contributed by atoms with E-state index >= 15 is 0 Å². The number of esters is 1. The second-order valence-electron chi connectivity index (χ2n) is 4.39. The van der Waals surface area contributed by atoms with E-state index in [9.17, 15) is 4.79 Å². The number of carbonyl (C=O) groups is 1. The smallest absolute Gasteiger partial charge is 0.330 e. The third kappa shape index (κ3) is 4.35. The van der Waals surface area contributed by atoms with E-state index in [1.807, 2.05) is 0 Å². The molecule has 0 N–H and O–H groups in total. The van der Waals surface area contributed by atoms with Crippen molar-refractivity contribution < 1.29 is 14.3 Å². The zero-order valence-corrected chi connectivity index (χ0v) is 10.3. The van der Waals surface area contributed by atoms with Gasteiger partial charge in [0.15, 0.2) is 0 Å². The van der Waals surface area contributed by atoms with Crippen LogP contribution < -0.4 is 0 Å². The van der Waals surface area contributed by atoms with Crippen LogP contribution in [0.15, 0.2) is 12.7 Å². The van der Waals surface area contributed by atoms with Gasteiger partial charge in [-0.3, -0.25) is 0 Å². The Labute approximate surface area is 97.8 Å². The highest BCUT2D eigenvalue weighted by Gasteiger charge is 2.24. The maximum atomic E-state index is 11.0. The summed E-state index contributed by atoms with van der Waals surface area (Å²) in [5.74, 6) is -0.314. The number of rotatable bonds is 5. The van der Waals surface area contributed by atoms with Gasteiger partial charge in [0, 0.05) is 6.08 Å². The van der Waals surface area contributed by atoms with E-state index in [4.69, 9.17) is 9.47 Å². The fourth-order valence-electron chi connectivity index (χ4n) is 1.92. The maximum absolute atomic E-state index is 11.0. The van der Waals surface area contributed by atoms with E-state index in [0.717, 1.165) is 32.1 Å². The van der Waals surface area contributed by atoms with Gasteiger partial charge in [-0.15, -0.1) is 0 Å².